The van der Waals surface area contributed by atoms with Crippen molar-refractivity contribution in [1.82, 2.24) is 10.6 Å². The van der Waals surface area contributed by atoms with E-state index in [9.17, 15) is 14.4 Å². The third-order valence-electron chi connectivity index (χ3n) is 2.50. The molecule has 0 saturated carbocycles. The number of carboxylic acid groups (broad SMARTS) is 1. The molecule has 0 aliphatic heterocycles. The summed E-state index contributed by atoms with van der Waals surface area (Å²) >= 11 is 0. The van der Waals surface area contributed by atoms with Gasteiger partial charge in [0.05, 0.1) is 11.3 Å². The summed E-state index contributed by atoms with van der Waals surface area (Å²) in [6, 6.07) is 4.66. The van der Waals surface area contributed by atoms with Crippen LogP contribution in [0.25, 0.3) is 0 Å². The second kappa shape index (κ2) is 7.13. The first-order chi connectivity index (χ1) is 9.45. The number of carbonyl (C=O) groups excluding carboxylic acids is 2. The zero-order valence-corrected chi connectivity index (χ0v) is 11.3. The summed E-state index contributed by atoms with van der Waals surface area (Å²) in [5.41, 5.74) is 0.147. The molecule has 0 spiro atoms. The van der Waals surface area contributed by atoms with Gasteiger partial charge in [0.2, 0.25) is 5.91 Å². The van der Waals surface area contributed by atoms with Crippen LogP contribution in [0.2, 0.25) is 0 Å². The molecule has 0 aromatic heterocycles. The van der Waals surface area contributed by atoms with Crippen LogP contribution < -0.4 is 16.0 Å². The Morgan fingerprint density at radius 2 is 1.90 bits per heavy atom. The van der Waals surface area contributed by atoms with Crippen molar-refractivity contribution in [2.75, 3.05) is 11.9 Å². The van der Waals surface area contributed by atoms with E-state index in [4.69, 9.17) is 5.11 Å². The lowest BCUT2D eigenvalue weighted by Gasteiger charge is -2.14. The van der Waals surface area contributed by atoms with Crippen LogP contribution in [-0.4, -0.2) is 35.6 Å². The van der Waals surface area contributed by atoms with Crippen molar-refractivity contribution >= 4 is 23.6 Å². The van der Waals surface area contributed by atoms with E-state index in [1.807, 2.05) is 0 Å². The van der Waals surface area contributed by atoms with Crippen LogP contribution in [0, 0.1) is 0 Å². The first kappa shape index (κ1) is 15.5. The number of urea groups is 1. The predicted octanol–water partition coefficient (Wildman–Crippen LogP) is 1.03. The van der Waals surface area contributed by atoms with Crippen molar-refractivity contribution in [2.24, 2.45) is 0 Å². The molecule has 108 valence electrons. The Bertz CT molecular complexity index is 516. The van der Waals surface area contributed by atoms with Crippen LogP contribution in [0.5, 0.6) is 0 Å². The van der Waals surface area contributed by atoms with Gasteiger partial charge >= 0.3 is 12.0 Å². The van der Waals surface area contributed by atoms with Crippen molar-refractivity contribution in [3.63, 3.8) is 0 Å². The van der Waals surface area contributed by atoms with Gasteiger partial charge in [0.25, 0.3) is 0 Å². The van der Waals surface area contributed by atoms with Crippen LogP contribution in [0.1, 0.15) is 24.2 Å². The molecule has 0 fully saturated rings. The highest BCUT2D eigenvalue weighted by molar-refractivity contribution is 6.00. The quantitative estimate of drug-likeness (QED) is 0.645. The minimum Gasteiger partial charge on any atom is -0.478 e. The standard InChI is InChI=1S/C13H17N3O4/c1-3-14-11(17)8(2)15-13(20)16-10-7-5-4-6-9(10)12(18)19/h4-8H,3H2,1-2H3,(H,14,17)(H,18,19)(H2,15,16,20). The Balaban J connectivity index is 2.68. The maximum absolute atomic E-state index is 11.7. The van der Waals surface area contributed by atoms with E-state index < -0.39 is 18.0 Å². The van der Waals surface area contributed by atoms with Gasteiger partial charge in [0.1, 0.15) is 6.04 Å². The van der Waals surface area contributed by atoms with Crippen LogP contribution in [0.15, 0.2) is 24.3 Å². The monoisotopic (exact) mass is 279 g/mol. The average molecular weight is 279 g/mol. The number of nitrogens with one attached hydrogen (secondary N) is 3. The molecular formula is C13H17N3O4. The van der Waals surface area contributed by atoms with Crippen LogP contribution in [-0.2, 0) is 4.79 Å². The molecule has 3 amide bonds. The van der Waals surface area contributed by atoms with Gasteiger partial charge in [-0.25, -0.2) is 9.59 Å². The van der Waals surface area contributed by atoms with E-state index in [2.05, 4.69) is 16.0 Å². The first-order valence-electron chi connectivity index (χ1n) is 6.13. The molecule has 1 aromatic rings. The lowest BCUT2D eigenvalue weighted by atomic mass is 10.2. The van der Waals surface area contributed by atoms with Crippen molar-refractivity contribution in [3.8, 4) is 0 Å². The van der Waals surface area contributed by atoms with E-state index >= 15 is 0 Å². The molecule has 0 radical (unpaired) electrons. The molecule has 7 heteroatoms. The Hall–Kier alpha value is -2.57. The largest absolute Gasteiger partial charge is 0.478 e. The topological polar surface area (TPSA) is 108 Å². The van der Waals surface area contributed by atoms with Crippen molar-refractivity contribution < 1.29 is 19.5 Å². The fraction of sp³-hybridized carbons (Fsp3) is 0.308. The van der Waals surface area contributed by atoms with E-state index in [1.165, 1.54) is 19.1 Å². The molecule has 1 rings (SSSR count). The third-order valence-corrected chi connectivity index (χ3v) is 2.50. The van der Waals surface area contributed by atoms with E-state index in [0.717, 1.165) is 0 Å². The fourth-order valence-electron chi connectivity index (χ4n) is 1.53. The molecule has 0 saturated heterocycles. The Morgan fingerprint density at radius 1 is 1.25 bits per heavy atom. The molecule has 0 heterocycles. The number of anilines is 1. The van der Waals surface area contributed by atoms with Gasteiger partial charge in [-0.05, 0) is 26.0 Å². The number of aromatic carboxylic acids is 1. The predicted molar refractivity (Wildman–Crippen MR) is 73.7 cm³/mol. The molecule has 20 heavy (non-hydrogen) atoms. The Labute approximate surface area is 116 Å². The number of benzene rings is 1. The summed E-state index contributed by atoms with van der Waals surface area (Å²) in [4.78, 5) is 34.2. The maximum atomic E-state index is 11.7. The summed E-state index contributed by atoms with van der Waals surface area (Å²) < 4.78 is 0. The maximum Gasteiger partial charge on any atom is 0.337 e. The number of rotatable bonds is 5. The molecule has 4 N–H and O–H groups in total. The Kier molecular flexibility index (Phi) is 5.52. The minimum atomic E-state index is -1.14. The SMILES string of the molecule is CCNC(=O)C(C)NC(=O)Nc1ccccc1C(=O)O. The summed E-state index contributed by atoms with van der Waals surface area (Å²) in [5, 5.41) is 16.4. The number of carboxylic acids is 1. The fourth-order valence-corrected chi connectivity index (χ4v) is 1.53. The molecule has 0 aliphatic rings. The van der Waals surface area contributed by atoms with Gasteiger partial charge in [0, 0.05) is 6.54 Å². The number of hydrogen-bond acceptors (Lipinski definition) is 3. The van der Waals surface area contributed by atoms with Gasteiger partial charge in [0.15, 0.2) is 0 Å². The van der Waals surface area contributed by atoms with Gasteiger partial charge in [-0.15, -0.1) is 0 Å². The van der Waals surface area contributed by atoms with Crippen molar-refractivity contribution in [1.29, 1.82) is 0 Å². The highest BCUT2D eigenvalue weighted by Gasteiger charge is 2.16. The van der Waals surface area contributed by atoms with Gasteiger partial charge in [-0.1, -0.05) is 12.1 Å². The molecule has 7 nitrogen and oxygen atoms in total. The van der Waals surface area contributed by atoms with Crippen molar-refractivity contribution in [2.45, 2.75) is 19.9 Å². The first-order valence-corrected chi connectivity index (χ1v) is 6.13. The average Bonchev–Trinajstić information content (AvgIpc) is 2.39. The number of hydrogen-bond donors (Lipinski definition) is 4. The number of amides is 3. The lowest BCUT2D eigenvalue weighted by Crippen LogP contribution is -2.46. The summed E-state index contributed by atoms with van der Waals surface area (Å²) in [5.74, 6) is -1.45. The van der Waals surface area contributed by atoms with Crippen LogP contribution >= 0.6 is 0 Å². The minimum absolute atomic E-state index is 0.0201. The number of para-hydroxylation sites is 1. The number of likely N-dealkylation sites (N-methyl/N-ethyl adjacent to an activating group) is 1. The molecule has 1 aromatic carbocycles. The van der Waals surface area contributed by atoms with E-state index in [1.54, 1.807) is 19.1 Å². The smallest absolute Gasteiger partial charge is 0.337 e. The zero-order chi connectivity index (χ0) is 15.1. The molecule has 1 unspecified atom stereocenters. The molecule has 1 atom stereocenters. The van der Waals surface area contributed by atoms with Crippen LogP contribution in [0.3, 0.4) is 0 Å². The molecular weight excluding hydrogens is 262 g/mol. The molecule has 0 aliphatic carbocycles. The molecule has 0 bridgehead atoms. The van der Waals surface area contributed by atoms with Gasteiger partial charge < -0.3 is 21.1 Å². The van der Waals surface area contributed by atoms with Crippen LogP contribution in [0.4, 0.5) is 10.5 Å². The zero-order valence-electron chi connectivity index (χ0n) is 11.3. The van der Waals surface area contributed by atoms with Gasteiger partial charge in [-0.2, -0.15) is 0 Å². The third kappa shape index (κ3) is 4.27. The van der Waals surface area contributed by atoms with E-state index in [0.29, 0.717) is 6.54 Å². The Morgan fingerprint density at radius 3 is 2.50 bits per heavy atom. The highest BCUT2D eigenvalue weighted by atomic mass is 16.4. The highest BCUT2D eigenvalue weighted by Crippen LogP contribution is 2.14. The second-order valence-corrected chi connectivity index (χ2v) is 4.07. The second-order valence-electron chi connectivity index (χ2n) is 4.07. The number of carbonyl (C=O) groups is 3. The van der Waals surface area contributed by atoms with Crippen molar-refractivity contribution in [3.05, 3.63) is 29.8 Å². The summed E-state index contributed by atoms with van der Waals surface area (Å²) in [6.45, 7) is 3.77. The lowest BCUT2D eigenvalue weighted by molar-refractivity contribution is -0.122. The summed E-state index contributed by atoms with van der Waals surface area (Å²) in [6.07, 6.45) is 0. The van der Waals surface area contributed by atoms with E-state index in [-0.39, 0.29) is 17.2 Å². The normalized spacial score (nSPS) is 11.3. The van der Waals surface area contributed by atoms with Gasteiger partial charge in [-0.3, -0.25) is 4.79 Å². The summed E-state index contributed by atoms with van der Waals surface area (Å²) in [7, 11) is 0.